The molecule has 0 aromatic heterocycles. The van der Waals surface area contributed by atoms with Gasteiger partial charge in [0.05, 0.1) is 16.2 Å². The third-order valence-corrected chi connectivity index (χ3v) is 3.20. The Balaban J connectivity index is 3.52. The number of ether oxygens (including phenoxy) is 1. The minimum atomic E-state index is -1.76. The van der Waals surface area contributed by atoms with Gasteiger partial charge in [-0.1, -0.05) is 0 Å². The SMILES string of the molecule is COc1cc(C(=O)O)c(I=O)cc1C(=O)O. The van der Waals surface area contributed by atoms with Gasteiger partial charge in [0.1, 0.15) is 11.3 Å². The van der Waals surface area contributed by atoms with Crippen LogP contribution in [0.3, 0.4) is 0 Å². The predicted octanol–water partition coefficient (Wildman–Crippen LogP) is 1.58. The van der Waals surface area contributed by atoms with E-state index in [0.717, 1.165) is 12.1 Å². The van der Waals surface area contributed by atoms with Crippen molar-refractivity contribution in [2.45, 2.75) is 0 Å². The monoisotopic (exact) mass is 338 g/mol. The summed E-state index contributed by atoms with van der Waals surface area (Å²) in [6, 6.07) is 2.14. The zero-order valence-electron chi connectivity index (χ0n) is 8.06. The predicted molar refractivity (Wildman–Crippen MR) is 60.3 cm³/mol. The number of hydrogen-bond donors (Lipinski definition) is 2. The van der Waals surface area contributed by atoms with Gasteiger partial charge in [0, 0.05) is 0 Å². The molecule has 0 fully saturated rings. The number of aromatic carboxylic acids is 2. The Hall–Kier alpha value is -1.51. The second kappa shape index (κ2) is 5.01. The van der Waals surface area contributed by atoms with Crippen LogP contribution in [-0.2, 0) is 3.07 Å². The second-order valence-corrected chi connectivity index (χ2v) is 4.32. The summed E-state index contributed by atoms with van der Waals surface area (Å²) in [5.41, 5.74) is -0.386. The van der Waals surface area contributed by atoms with Crippen molar-refractivity contribution in [2.75, 3.05) is 7.11 Å². The Labute approximate surface area is 100 Å². The van der Waals surface area contributed by atoms with Gasteiger partial charge in [0.25, 0.3) is 0 Å². The number of methoxy groups -OCH3 is 1. The molecule has 6 nitrogen and oxygen atoms in total. The fraction of sp³-hybridized carbons (Fsp3) is 0.111. The van der Waals surface area contributed by atoms with Crippen LogP contribution in [0.2, 0.25) is 0 Å². The minimum Gasteiger partial charge on any atom is -0.496 e. The van der Waals surface area contributed by atoms with Gasteiger partial charge in [0.2, 0.25) is 0 Å². The first-order valence-corrected chi connectivity index (χ1v) is 5.93. The molecule has 0 aliphatic carbocycles. The molecular formula is C9H7IO6. The highest BCUT2D eigenvalue weighted by Gasteiger charge is 2.19. The summed E-state index contributed by atoms with van der Waals surface area (Å²) in [5, 5.41) is 17.7. The van der Waals surface area contributed by atoms with E-state index in [4.69, 9.17) is 14.9 Å². The second-order valence-electron chi connectivity index (χ2n) is 2.72. The molecule has 0 spiro atoms. The smallest absolute Gasteiger partial charge is 0.339 e. The van der Waals surface area contributed by atoms with Crippen molar-refractivity contribution in [1.29, 1.82) is 0 Å². The maximum absolute atomic E-state index is 10.8. The van der Waals surface area contributed by atoms with E-state index < -0.39 is 33.1 Å². The number of carbonyl (C=O) groups is 2. The number of rotatable bonds is 4. The van der Waals surface area contributed by atoms with Crippen molar-refractivity contribution < 1.29 is 27.6 Å². The van der Waals surface area contributed by atoms with Crippen LogP contribution in [0.25, 0.3) is 0 Å². The van der Waals surface area contributed by atoms with Crippen LogP contribution in [0, 0.1) is 3.57 Å². The van der Waals surface area contributed by atoms with E-state index in [1.807, 2.05) is 0 Å². The fourth-order valence-corrected chi connectivity index (χ4v) is 2.18. The van der Waals surface area contributed by atoms with E-state index in [2.05, 4.69) is 0 Å². The molecule has 2 N–H and O–H groups in total. The standard InChI is InChI=1S/C9H7IO6/c1-16-7-3-4(8(11)12)6(10-15)2-5(7)9(13)14/h2-3H,1H3,(H,11,12)(H,13,14). The normalized spacial score (nSPS) is 9.81. The summed E-state index contributed by atoms with van der Waals surface area (Å²) in [6.07, 6.45) is 0. The van der Waals surface area contributed by atoms with Crippen LogP contribution in [0.1, 0.15) is 20.7 Å². The van der Waals surface area contributed by atoms with E-state index in [-0.39, 0.29) is 20.4 Å². The Bertz CT molecular complexity index is 467. The van der Waals surface area contributed by atoms with Crippen LogP contribution in [0.4, 0.5) is 0 Å². The van der Waals surface area contributed by atoms with Crippen LogP contribution in [-0.4, -0.2) is 29.3 Å². The van der Waals surface area contributed by atoms with Gasteiger partial charge in [-0.05, 0) is 12.1 Å². The molecule has 0 heterocycles. The molecule has 0 aliphatic heterocycles. The van der Waals surface area contributed by atoms with Crippen molar-refractivity contribution in [3.8, 4) is 5.75 Å². The largest absolute Gasteiger partial charge is 0.496 e. The molecule has 86 valence electrons. The average Bonchev–Trinajstić information content (AvgIpc) is 2.26. The maximum atomic E-state index is 10.8. The van der Waals surface area contributed by atoms with Crippen LogP contribution in [0.15, 0.2) is 12.1 Å². The van der Waals surface area contributed by atoms with Crippen molar-refractivity contribution in [2.24, 2.45) is 0 Å². The first-order valence-electron chi connectivity index (χ1n) is 3.97. The molecule has 0 bridgehead atoms. The molecule has 0 aliphatic rings. The van der Waals surface area contributed by atoms with Crippen LogP contribution >= 0.6 is 21.2 Å². The summed E-state index contributed by atoms with van der Waals surface area (Å²) in [7, 11) is 1.24. The first-order chi connectivity index (χ1) is 7.51. The molecule has 16 heavy (non-hydrogen) atoms. The molecule has 0 atom stereocenters. The lowest BCUT2D eigenvalue weighted by Crippen LogP contribution is -2.06. The third kappa shape index (κ3) is 2.35. The van der Waals surface area contributed by atoms with E-state index in [0.29, 0.717) is 0 Å². The molecule has 0 saturated heterocycles. The van der Waals surface area contributed by atoms with Gasteiger partial charge in [-0.25, -0.2) is 9.59 Å². The highest BCUT2D eigenvalue weighted by molar-refractivity contribution is 14.1. The fourth-order valence-electron chi connectivity index (χ4n) is 1.12. The Kier molecular flexibility index (Phi) is 3.93. The molecule has 0 unspecified atom stereocenters. The number of carboxylic acids is 2. The lowest BCUT2D eigenvalue weighted by atomic mass is 10.1. The number of benzene rings is 1. The minimum absolute atomic E-state index is 0.0319. The van der Waals surface area contributed by atoms with Gasteiger partial charge in [-0.3, -0.25) is 3.07 Å². The van der Waals surface area contributed by atoms with Crippen LogP contribution in [0.5, 0.6) is 5.75 Å². The van der Waals surface area contributed by atoms with Crippen molar-refractivity contribution in [3.05, 3.63) is 26.8 Å². The quantitative estimate of drug-likeness (QED) is 0.809. The summed E-state index contributed by atoms with van der Waals surface area (Å²) in [6.45, 7) is 0. The van der Waals surface area contributed by atoms with Gasteiger partial charge in [-0.2, -0.15) is 0 Å². The summed E-state index contributed by atoms with van der Waals surface area (Å²) in [4.78, 5) is 21.6. The van der Waals surface area contributed by atoms with Gasteiger partial charge < -0.3 is 14.9 Å². The van der Waals surface area contributed by atoms with Gasteiger partial charge >= 0.3 is 11.9 Å². The highest BCUT2D eigenvalue weighted by Crippen LogP contribution is 2.26. The topological polar surface area (TPSA) is 101 Å². The molecule has 1 aromatic rings. The molecule has 0 saturated carbocycles. The molecule has 0 amide bonds. The Morgan fingerprint density at radius 2 is 1.75 bits per heavy atom. The number of hydrogen-bond acceptors (Lipinski definition) is 4. The lowest BCUT2D eigenvalue weighted by molar-refractivity contribution is 0.0677. The van der Waals surface area contributed by atoms with E-state index in [1.54, 1.807) is 0 Å². The summed E-state index contributed by atoms with van der Waals surface area (Å²) < 4.78 is 15.6. The number of halogens is 1. The molecule has 1 rings (SSSR count). The zero-order valence-corrected chi connectivity index (χ0v) is 10.2. The molecule has 7 heteroatoms. The third-order valence-electron chi connectivity index (χ3n) is 1.83. The van der Waals surface area contributed by atoms with Gasteiger partial charge in [0.15, 0.2) is 21.2 Å². The van der Waals surface area contributed by atoms with E-state index in [1.165, 1.54) is 7.11 Å². The summed E-state index contributed by atoms with van der Waals surface area (Å²) >= 11 is -1.76. The van der Waals surface area contributed by atoms with E-state index >= 15 is 0 Å². The molecule has 1 aromatic carbocycles. The lowest BCUT2D eigenvalue weighted by Gasteiger charge is -2.07. The van der Waals surface area contributed by atoms with Crippen molar-refractivity contribution in [3.63, 3.8) is 0 Å². The summed E-state index contributed by atoms with van der Waals surface area (Å²) in [5.74, 6) is -2.58. The zero-order chi connectivity index (χ0) is 12.3. The van der Waals surface area contributed by atoms with Gasteiger partial charge in [-0.15, -0.1) is 0 Å². The Morgan fingerprint density at radius 1 is 1.19 bits per heavy atom. The molecule has 0 radical (unpaired) electrons. The van der Waals surface area contributed by atoms with E-state index in [9.17, 15) is 12.7 Å². The van der Waals surface area contributed by atoms with Crippen molar-refractivity contribution in [1.82, 2.24) is 0 Å². The maximum Gasteiger partial charge on any atom is 0.339 e. The molecular weight excluding hydrogens is 331 g/mol. The highest BCUT2D eigenvalue weighted by atomic mass is 127. The Morgan fingerprint density at radius 3 is 2.12 bits per heavy atom. The first kappa shape index (κ1) is 12.6. The van der Waals surface area contributed by atoms with Crippen molar-refractivity contribution >= 4 is 33.1 Å². The average molecular weight is 338 g/mol. The number of carboxylic acid groups (broad SMARTS) is 2. The van der Waals surface area contributed by atoms with Crippen LogP contribution < -0.4 is 4.74 Å².